The molecule has 0 saturated carbocycles. The van der Waals surface area contributed by atoms with Gasteiger partial charge in [-0.25, -0.2) is 4.79 Å². The second-order valence-corrected chi connectivity index (χ2v) is 4.90. The first-order valence-electron chi connectivity index (χ1n) is 6.30. The number of aromatic carboxylic acids is 1. The lowest BCUT2D eigenvalue weighted by Gasteiger charge is -2.09. The zero-order valence-electron chi connectivity index (χ0n) is 11.3. The average Bonchev–Trinajstić information content (AvgIpc) is 2.83. The molecule has 4 heteroatoms. The fraction of sp³-hybridized carbons (Fsp3) is 0.333. The summed E-state index contributed by atoms with van der Waals surface area (Å²) in [7, 11) is 0. The lowest BCUT2D eigenvalue weighted by Crippen LogP contribution is -2.07. The van der Waals surface area contributed by atoms with Gasteiger partial charge in [0.05, 0.1) is 0 Å². The average molecular weight is 259 g/mol. The Morgan fingerprint density at radius 3 is 2.37 bits per heavy atom. The summed E-state index contributed by atoms with van der Waals surface area (Å²) >= 11 is 0. The van der Waals surface area contributed by atoms with Gasteiger partial charge >= 0.3 is 5.97 Å². The zero-order chi connectivity index (χ0) is 14.0. The first-order chi connectivity index (χ1) is 9.02. The Labute approximate surface area is 112 Å². The minimum Gasteiger partial charge on any atom is -0.477 e. The standard InChI is InChI=1S/C15H17NO3/c1-9(2)14-12(15(17)18)13(16-19-14)10(3)11-7-5-4-6-8-11/h4-10H,1-3H3,(H,17,18). The number of nitrogens with zero attached hydrogens (tertiary/aromatic N) is 1. The number of hydrogen-bond donors (Lipinski definition) is 1. The number of hydrogen-bond acceptors (Lipinski definition) is 3. The van der Waals surface area contributed by atoms with Crippen LogP contribution in [0, 0.1) is 0 Å². The summed E-state index contributed by atoms with van der Waals surface area (Å²) in [5.74, 6) is -0.660. The van der Waals surface area contributed by atoms with E-state index in [1.165, 1.54) is 0 Å². The monoisotopic (exact) mass is 259 g/mol. The second kappa shape index (κ2) is 5.26. The summed E-state index contributed by atoms with van der Waals surface area (Å²) in [6.45, 7) is 5.72. The number of aromatic nitrogens is 1. The molecule has 19 heavy (non-hydrogen) atoms. The highest BCUT2D eigenvalue weighted by atomic mass is 16.5. The van der Waals surface area contributed by atoms with E-state index in [9.17, 15) is 9.90 Å². The highest BCUT2D eigenvalue weighted by Gasteiger charge is 2.27. The Morgan fingerprint density at radius 2 is 1.84 bits per heavy atom. The Morgan fingerprint density at radius 1 is 1.21 bits per heavy atom. The number of carboxylic acids is 1. The molecule has 4 nitrogen and oxygen atoms in total. The van der Waals surface area contributed by atoms with Crippen LogP contribution in [0.3, 0.4) is 0 Å². The largest absolute Gasteiger partial charge is 0.477 e. The van der Waals surface area contributed by atoms with E-state index in [-0.39, 0.29) is 17.4 Å². The van der Waals surface area contributed by atoms with Crippen LogP contribution < -0.4 is 0 Å². The van der Waals surface area contributed by atoms with Crippen LogP contribution in [0.5, 0.6) is 0 Å². The van der Waals surface area contributed by atoms with Crippen molar-refractivity contribution < 1.29 is 14.4 Å². The van der Waals surface area contributed by atoms with Crippen molar-refractivity contribution >= 4 is 5.97 Å². The normalized spacial score (nSPS) is 12.6. The van der Waals surface area contributed by atoms with Gasteiger partial charge < -0.3 is 9.63 Å². The van der Waals surface area contributed by atoms with Crippen molar-refractivity contribution in [2.75, 3.05) is 0 Å². The van der Waals surface area contributed by atoms with Crippen molar-refractivity contribution in [2.45, 2.75) is 32.6 Å². The van der Waals surface area contributed by atoms with Crippen LogP contribution in [0.2, 0.25) is 0 Å². The summed E-state index contributed by atoms with van der Waals surface area (Å²) in [5.41, 5.74) is 1.71. The van der Waals surface area contributed by atoms with Crippen molar-refractivity contribution in [1.82, 2.24) is 5.16 Å². The SMILES string of the molecule is CC(C)c1onc(C(C)c2ccccc2)c1C(=O)O. The minimum absolute atomic E-state index is 0.00433. The van der Waals surface area contributed by atoms with Gasteiger partial charge in [0.25, 0.3) is 0 Å². The van der Waals surface area contributed by atoms with E-state index in [1.54, 1.807) is 0 Å². The predicted molar refractivity (Wildman–Crippen MR) is 71.5 cm³/mol. The summed E-state index contributed by atoms with van der Waals surface area (Å²) in [5, 5.41) is 13.4. The molecule has 1 atom stereocenters. The summed E-state index contributed by atoms with van der Waals surface area (Å²) in [6.07, 6.45) is 0. The number of carboxylic acid groups (broad SMARTS) is 1. The number of rotatable bonds is 4. The third-order valence-electron chi connectivity index (χ3n) is 3.19. The Bertz CT molecular complexity index is 572. The molecular weight excluding hydrogens is 242 g/mol. The topological polar surface area (TPSA) is 63.3 Å². The van der Waals surface area contributed by atoms with Gasteiger partial charge in [0.15, 0.2) is 5.76 Å². The van der Waals surface area contributed by atoms with Gasteiger partial charge in [0.1, 0.15) is 11.3 Å². The molecule has 0 fully saturated rings. The molecule has 0 aliphatic rings. The molecule has 0 amide bonds. The van der Waals surface area contributed by atoms with Crippen LogP contribution in [0.25, 0.3) is 0 Å². The van der Waals surface area contributed by atoms with Crippen LogP contribution in [-0.4, -0.2) is 16.2 Å². The third-order valence-corrected chi connectivity index (χ3v) is 3.19. The lowest BCUT2D eigenvalue weighted by atomic mass is 9.93. The van der Waals surface area contributed by atoms with Gasteiger partial charge in [-0.05, 0) is 5.56 Å². The van der Waals surface area contributed by atoms with Crippen molar-refractivity contribution in [2.24, 2.45) is 0 Å². The Balaban J connectivity index is 2.48. The van der Waals surface area contributed by atoms with Gasteiger partial charge in [-0.15, -0.1) is 0 Å². The summed E-state index contributed by atoms with van der Waals surface area (Å²) in [4.78, 5) is 11.4. The highest BCUT2D eigenvalue weighted by molar-refractivity contribution is 5.90. The van der Waals surface area contributed by atoms with Gasteiger partial charge in [-0.1, -0.05) is 56.3 Å². The third kappa shape index (κ3) is 2.52. The second-order valence-electron chi connectivity index (χ2n) is 4.90. The molecular formula is C15H17NO3. The molecule has 2 aromatic rings. The molecule has 0 bridgehead atoms. The van der Waals surface area contributed by atoms with Crippen LogP contribution in [0.15, 0.2) is 34.9 Å². The highest BCUT2D eigenvalue weighted by Crippen LogP contribution is 2.31. The smallest absolute Gasteiger partial charge is 0.341 e. The van der Waals surface area contributed by atoms with Gasteiger partial charge in [-0.2, -0.15) is 0 Å². The van der Waals surface area contributed by atoms with Gasteiger partial charge in [0.2, 0.25) is 0 Å². The molecule has 1 unspecified atom stereocenters. The molecule has 2 rings (SSSR count). The van der Waals surface area contributed by atoms with E-state index in [0.29, 0.717) is 11.5 Å². The van der Waals surface area contributed by atoms with E-state index >= 15 is 0 Å². The molecule has 1 heterocycles. The van der Waals surface area contributed by atoms with Crippen LogP contribution >= 0.6 is 0 Å². The first kappa shape index (κ1) is 13.3. The summed E-state index contributed by atoms with van der Waals surface area (Å²) in [6, 6.07) is 9.70. The molecule has 0 radical (unpaired) electrons. The number of carbonyl (C=O) groups is 1. The van der Waals surface area contributed by atoms with Crippen LogP contribution in [0.4, 0.5) is 0 Å². The van der Waals surface area contributed by atoms with Gasteiger partial charge in [-0.3, -0.25) is 0 Å². The lowest BCUT2D eigenvalue weighted by molar-refractivity contribution is 0.0692. The fourth-order valence-corrected chi connectivity index (χ4v) is 2.12. The van der Waals surface area contributed by atoms with Crippen molar-refractivity contribution in [3.8, 4) is 0 Å². The van der Waals surface area contributed by atoms with Crippen molar-refractivity contribution in [1.29, 1.82) is 0 Å². The minimum atomic E-state index is -0.984. The van der Waals surface area contributed by atoms with E-state index < -0.39 is 5.97 Å². The molecule has 0 saturated heterocycles. The Hall–Kier alpha value is -2.10. The van der Waals surface area contributed by atoms with E-state index in [1.807, 2.05) is 51.1 Å². The van der Waals surface area contributed by atoms with Crippen LogP contribution in [0.1, 0.15) is 60.0 Å². The molecule has 0 aliphatic carbocycles. The van der Waals surface area contributed by atoms with E-state index in [0.717, 1.165) is 5.56 Å². The first-order valence-corrected chi connectivity index (χ1v) is 6.30. The maximum atomic E-state index is 11.4. The number of benzene rings is 1. The molecule has 0 aliphatic heterocycles. The quantitative estimate of drug-likeness (QED) is 0.910. The van der Waals surface area contributed by atoms with Crippen molar-refractivity contribution in [3.05, 3.63) is 52.9 Å². The molecule has 100 valence electrons. The Kier molecular flexibility index (Phi) is 3.69. The predicted octanol–water partition coefficient (Wildman–Crippen LogP) is 3.65. The maximum Gasteiger partial charge on any atom is 0.341 e. The summed E-state index contributed by atoms with van der Waals surface area (Å²) < 4.78 is 5.23. The van der Waals surface area contributed by atoms with E-state index in [2.05, 4.69) is 5.16 Å². The molecule has 1 N–H and O–H groups in total. The molecule has 1 aromatic carbocycles. The van der Waals surface area contributed by atoms with Gasteiger partial charge in [0, 0.05) is 11.8 Å². The van der Waals surface area contributed by atoms with Crippen molar-refractivity contribution in [3.63, 3.8) is 0 Å². The van der Waals surface area contributed by atoms with Crippen LogP contribution in [-0.2, 0) is 0 Å². The maximum absolute atomic E-state index is 11.4. The fourth-order valence-electron chi connectivity index (χ4n) is 2.12. The zero-order valence-corrected chi connectivity index (χ0v) is 11.3. The van der Waals surface area contributed by atoms with E-state index in [4.69, 9.17) is 4.52 Å². The molecule has 0 spiro atoms. The molecule has 1 aromatic heterocycles.